The number of aromatic carboxylic acids is 1. The molecular formula is C33H32BrN3O6S. The van der Waals surface area contributed by atoms with Gasteiger partial charge in [0.25, 0.3) is 5.56 Å². The molecule has 0 bridgehead atoms. The lowest BCUT2D eigenvalue weighted by molar-refractivity contribution is -0.139. The van der Waals surface area contributed by atoms with E-state index < -0.39 is 18.0 Å². The maximum atomic E-state index is 14.2. The van der Waals surface area contributed by atoms with Crippen molar-refractivity contribution in [2.75, 3.05) is 13.7 Å². The van der Waals surface area contributed by atoms with Gasteiger partial charge in [-0.25, -0.2) is 14.6 Å². The van der Waals surface area contributed by atoms with Crippen LogP contribution < -0.4 is 19.6 Å². The minimum atomic E-state index is -0.986. The van der Waals surface area contributed by atoms with E-state index in [0.717, 1.165) is 33.5 Å². The third-order valence-corrected chi connectivity index (χ3v) is 8.98. The van der Waals surface area contributed by atoms with Gasteiger partial charge < -0.3 is 19.1 Å². The number of aryl methyl sites for hydroxylation is 1. The van der Waals surface area contributed by atoms with E-state index in [4.69, 9.17) is 14.5 Å². The van der Waals surface area contributed by atoms with Crippen molar-refractivity contribution in [3.05, 3.63) is 112 Å². The van der Waals surface area contributed by atoms with Crippen molar-refractivity contribution < 1.29 is 24.2 Å². The Kier molecular flexibility index (Phi) is 9.07. The summed E-state index contributed by atoms with van der Waals surface area (Å²) in [6.45, 7) is 7.86. The largest absolute Gasteiger partial charge is 0.496 e. The van der Waals surface area contributed by atoms with Crippen LogP contribution in [0.3, 0.4) is 0 Å². The average molecular weight is 679 g/mol. The highest BCUT2D eigenvalue weighted by atomic mass is 79.9. The molecule has 0 saturated carbocycles. The van der Waals surface area contributed by atoms with Crippen molar-refractivity contribution >= 4 is 45.3 Å². The number of allylic oxidation sites excluding steroid dienone is 1. The first-order chi connectivity index (χ1) is 21.1. The minimum absolute atomic E-state index is 0.184. The Morgan fingerprint density at radius 3 is 2.48 bits per heavy atom. The number of fused-ring (bicyclic) bond motifs is 1. The number of esters is 1. The number of carboxylic acids is 1. The maximum absolute atomic E-state index is 14.2. The van der Waals surface area contributed by atoms with Gasteiger partial charge in [0.2, 0.25) is 0 Å². The molecule has 0 spiro atoms. The van der Waals surface area contributed by atoms with Gasteiger partial charge in [0.15, 0.2) is 4.80 Å². The van der Waals surface area contributed by atoms with E-state index in [-0.39, 0.29) is 17.7 Å². The van der Waals surface area contributed by atoms with Gasteiger partial charge in [-0.3, -0.25) is 9.36 Å². The summed E-state index contributed by atoms with van der Waals surface area (Å²) in [5.74, 6) is -0.969. The van der Waals surface area contributed by atoms with Crippen LogP contribution in [0.4, 0.5) is 0 Å². The molecule has 2 aromatic heterocycles. The molecular weight excluding hydrogens is 646 g/mol. The second kappa shape index (κ2) is 12.8. The molecule has 2 aromatic carbocycles. The van der Waals surface area contributed by atoms with Gasteiger partial charge in [-0.2, -0.15) is 0 Å². The molecule has 44 heavy (non-hydrogen) atoms. The van der Waals surface area contributed by atoms with E-state index in [1.54, 1.807) is 48.9 Å². The molecule has 0 amide bonds. The minimum Gasteiger partial charge on any atom is -0.496 e. The number of carboxylic acid groups (broad SMARTS) is 1. The second-order valence-corrected chi connectivity index (χ2v) is 12.2. The zero-order valence-electron chi connectivity index (χ0n) is 25.0. The summed E-state index contributed by atoms with van der Waals surface area (Å²) < 4.78 is 16.0. The zero-order valence-corrected chi connectivity index (χ0v) is 27.4. The number of carbonyl (C=O) groups excluding carboxylic acids is 1. The van der Waals surface area contributed by atoms with E-state index in [0.29, 0.717) is 38.3 Å². The van der Waals surface area contributed by atoms with Gasteiger partial charge in [-0.15, -0.1) is 0 Å². The SMILES string of the molecule is CCCC1=C(C(=O)OCC)[C@H](c2cc(Br)ccc2OC)n2c(s/c(=C/c3cc(C)n(-c4ccc(C(=O)O)cc4)c3C)c2=O)=N1. The molecule has 0 saturated heterocycles. The van der Waals surface area contributed by atoms with Gasteiger partial charge in [0.05, 0.1) is 35.1 Å². The predicted molar refractivity (Wildman–Crippen MR) is 173 cm³/mol. The molecule has 0 fully saturated rings. The first kappa shape index (κ1) is 31.2. The number of ether oxygens (including phenoxy) is 2. The van der Waals surface area contributed by atoms with E-state index in [1.165, 1.54) is 11.3 Å². The molecule has 3 heterocycles. The summed E-state index contributed by atoms with van der Waals surface area (Å²) in [6, 6.07) is 13.4. The molecule has 4 aromatic rings. The topological polar surface area (TPSA) is 112 Å². The second-order valence-electron chi connectivity index (χ2n) is 10.3. The maximum Gasteiger partial charge on any atom is 0.338 e. The molecule has 0 aliphatic carbocycles. The lowest BCUT2D eigenvalue weighted by Crippen LogP contribution is -2.40. The van der Waals surface area contributed by atoms with Crippen LogP contribution in [0.2, 0.25) is 0 Å². The number of hydrogen-bond acceptors (Lipinski definition) is 7. The van der Waals surface area contributed by atoms with Crippen LogP contribution in [0.25, 0.3) is 11.8 Å². The van der Waals surface area contributed by atoms with Gasteiger partial charge in [-0.05, 0) is 87.4 Å². The molecule has 1 aliphatic heterocycles. The fourth-order valence-electron chi connectivity index (χ4n) is 5.56. The number of methoxy groups -OCH3 is 1. The number of thiazole rings is 1. The lowest BCUT2D eigenvalue weighted by Gasteiger charge is -2.27. The highest BCUT2D eigenvalue weighted by Gasteiger charge is 2.36. The van der Waals surface area contributed by atoms with Crippen LogP contribution in [-0.4, -0.2) is 39.9 Å². The summed E-state index contributed by atoms with van der Waals surface area (Å²) in [4.78, 5) is 44.4. The van der Waals surface area contributed by atoms with E-state index in [1.807, 2.05) is 49.6 Å². The number of hydrogen-bond donors (Lipinski definition) is 1. The summed E-state index contributed by atoms with van der Waals surface area (Å²) in [5.41, 5.74) is 4.95. The fraction of sp³-hybridized carbons (Fsp3) is 0.273. The molecule has 0 radical (unpaired) electrons. The van der Waals surface area contributed by atoms with E-state index in [9.17, 15) is 19.5 Å². The molecule has 1 atom stereocenters. The number of nitrogens with zero attached hydrogens (tertiary/aromatic N) is 3. The molecule has 5 rings (SSSR count). The van der Waals surface area contributed by atoms with Crippen LogP contribution >= 0.6 is 27.3 Å². The van der Waals surface area contributed by atoms with Crippen LogP contribution in [-0.2, 0) is 9.53 Å². The lowest BCUT2D eigenvalue weighted by atomic mass is 9.93. The number of benzene rings is 2. The van der Waals surface area contributed by atoms with Gasteiger partial charge in [-0.1, -0.05) is 40.6 Å². The third kappa shape index (κ3) is 5.69. The Balaban J connectivity index is 1.73. The quantitative estimate of drug-likeness (QED) is 0.236. The summed E-state index contributed by atoms with van der Waals surface area (Å²) in [6.07, 6.45) is 3.13. The highest BCUT2D eigenvalue weighted by molar-refractivity contribution is 9.10. The first-order valence-electron chi connectivity index (χ1n) is 14.2. The number of carbonyl (C=O) groups is 2. The smallest absolute Gasteiger partial charge is 0.338 e. The van der Waals surface area contributed by atoms with Crippen molar-refractivity contribution in [1.29, 1.82) is 0 Å². The Bertz CT molecular complexity index is 1980. The Hall–Kier alpha value is -4.22. The summed E-state index contributed by atoms with van der Waals surface area (Å²) in [7, 11) is 1.56. The Morgan fingerprint density at radius 2 is 1.84 bits per heavy atom. The van der Waals surface area contributed by atoms with Gasteiger partial charge in [0, 0.05) is 27.1 Å². The third-order valence-electron chi connectivity index (χ3n) is 7.51. The standard InChI is InChI=1S/C33H32BrN3O6S/c1-6-8-25-28(32(41)43-7-2)29(24-17-22(34)11-14-26(24)42-5)37-30(38)27(44-33(37)35-25)16-21-15-18(3)36(19(21)4)23-12-9-20(10-13-23)31(39)40/h9-17,29H,6-8H2,1-5H3,(H,39,40)/b27-16+/t29-/m0/s1. The van der Waals surface area contributed by atoms with Crippen LogP contribution in [0.15, 0.2) is 74.1 Å². The van der Waals surface area contributed by atoms with Crippen LogP contribution in [0, 0.1) is 13.8 Å². The van der Waals surface area contributed by atoms with Crippen LogP contribution in [0.5, 0.6) is 5.75 Å². The molecule has 0 unspecified atom stereocenters. The normalized spacial score (nSPS) is 14.8. The average Bonchev–Trinajstić information content (AvgIpc) is 3.46. The van der Waals surface area contributed by atoms with Gasteiger partial charge >= 0.3 is 11.9 Å². The van der Waals surface area contributed by atoms with E-state index in [2.05, 4.69) is 15.9 Å². The van der Waals surface area contributed by atoms with E-state index >= 15 is 0 Å². The molecule has 228 valence electrons. The van der Waals surface area contributed by atoms with Gasteiger partial charge in [0.1, 0.15) is 11.8 Å². The van der Waals surface area contributed by atoms with Crippen molar-refractivity contribution in [2.24, 2.45) is 4.99 Å². The molecule has 11 heteroatoms. The highest BCUT2D eigenvalue weighted by Crippen LogP contribution is 2.38. The zero-order chi connectivity index (χ0) is 31.7. The van der Waals surface area contributed by atoms with Crippen molar-refractivity contribution in [3.63, 3.8) is 0 Å². The van der Waals surface area contributed by atoms with Crippen LogP contribution in [0.1, 0.15) is 65.6 Å². The van der Waals surface area contributed by atoms with Crippen molar-refractivity contribution in [1.82, 2.24) is 9.13 Å². The Labute approximate surface area is 266 Å². The fourth-order valence-corrected chi connectivity index (χ4v) is 6.95. The van der Waals surface area contributed by atoms with Crippen molar-refractivity contribution in [3.8, 4) is 11.4 Å². The number of halogens is 1. The van der Waals surface area contributed by atoms with Crippen molar-refractivity contribution in [2.45, 2.75) is 46.6 Å². The molecule has 1 aliphatic rings. The number of aromatic nitrogens is 2. The molecule has 9 nitrogen and oxygen atoms in total. The predicted octanol–water partition coefficient (Wildman–Crippen LogP) is 5.46. The summed E-state index contributed by atoms with van der Waals surface area (Å²) >= 11 is 4.82. The molecule has 1 N–H and O–H groups in total. The summed E-state index contributed by atoms with van der Waals surface area (Å²) in [5, 5.41) is 9.29. The number of rotatable bonds is 9. The Morgan fingerprint density at radius 1 is 1.11 bits per heavy atom. The monoisotopic (exact) mass is 677 g/mol. The first-order valence-corrected chi connectivity index (χ1v) is 15.8.